The van der Waals surface area contributed by atoms with Crippen molar-refractivity contribution in [2.45, 2.75) is 6.54 Å². The number of carbonyl (C=O) groups is 1. The average molecular weight is 262 g/mol. The summed E-state index contributed by atoms with van der Waals surface area (Å²) in [5, 5.41) is 8.49. The molecule has 2 aromatic rings. The van der Waals surface area contributed by atoms with Gasteiger partial charge in [-0.15, -0.1) is 0 Å². The second-order valence-corrected chi connectivity index (χ2v) is 4.28. The second kappa shape index (κ2) is 5.53. The van der Waals surface area contributed by atoms with Crippen molar-refractivity contribution in [3.05, 3.63) is 46.5 Å². The molecule has 2 rings (SSSR count). The molecule has 100 valence electrons. The summed E-state index contributed by atoms with van der Waals surface area (Å²) in [6, 6.07) is 5.48. The maximum absolute atomic E-state index is 11.0. The summed E-state index contributed by atoms with van der Waals surface area (Å²) in [4.78, 5) is 25.9. The van der Waals surface area contributed by atoms with E-state index in [1.54, 1.807) is 18.2 Å². The number of rotatable bonds is 5. The normalized spacial score (nSPS) is 11.7. The Balaban J connectivity index is 2.04. The maximum Gasteiger partial charge on any atom is 0.417 e. The van der Waals surface area contributed by atoms with E-state index in [0.717, 1.165) is 11.6 Å². The average Bonchev–Trinajstić information content (AvgIpc) is 2.67. The molecule has 19 heavy (non-hydrogen) atoms. The van der Waals surface area contributed by atoms with Gasteiger partial charge in [-0.1, -0.05) is 12.1 Å². The number of oxazole rings is 1. The monoisotopic (exact) mass is 262 g/mol. The molecule has 0 saturated carbocycles. The molecule has 6 nitrogen and oxygen atoms in total. The molecular formula is C13H14N2O4. The van der Waals surface area contributed by atoms with Crippen LogP contribution >= 0.6 is 0 Å². The Morgan fingerprint density at radius 2 is 2.32 bits per heavy atom. The van der Waals surface area contributed by atoms with Crippen molar-refractivity contribution in [1.82, 2.24) is 9.88 Å². The SMILES string of the molecule is CN(C/C=C/C(=O)O)Cc1ccc2[nH]c(=O)oc2c1. The lowest BCUT2D eigenvalue weighted by molar-refractivity contribution is -0.131. The van der Waals surface area contributed by atoms with Gasteiger partial charge in [-0.3, -0.25) is 9.88 Å². The number of hydrogen-bond donors (Lipinski definition) is 2. The molecule has 1 heterocycles. The highest BCUT2D eigenvalue weighted by Gasteiger charge is 2.04. The summed E-state index contributed by atoms with van der Waals surface area (Å²) in [6.45, 7) is 1.16. The highest BCUT2D eigenvalue weighted by Crippen LogP contribution is 2.13. The van der Waals surface area contributed by atoms with Crippen LogP contribution in [0, 0.1) is 0 Å². The van der Waals surface area contributed by atoms with Gasteiger partial charge in [-0.2, -0.15) is 0 Å². The molecule has 0 aliphatic heterocycles. The topological polar surface area (TPSA) is 86.5 Å². The number of nitrogens with one attached hydrogen (secondary N) is 1. The van der Waals surface area contributed by atoms with Gasteiger partial charge in [0, 0.05) is 19.2 Å². The molecule has 0 amide bonds. The molecule has 0 aliphatic rings. The van der Waals surface area contributed by atoms with E-state index in [1.807, 2.05) is 18.0 Å². The van der Waals surface area contributed by atoms with Crippen LogP contribution in [-0.4, -0.2) is 34.6 Å². The number of aliphatic carboxylic acids is 1. The molecule has 1 aromatic carbocycles. The zero-order valence-corrected chi connectivity index (χ0v) is 10.4. The molecule has 0 aliphatic carbocycles. The minimum atomic E-state index is -0.955. The highest BCUT2D eigenvalue weighted by atomic mass is 16.4. The lowest BCUT2D eigenvalue weighted by Crippen LogP contribution is -2.17. The van der Waals surface area contributed by atoms with Crippen molar-refractivity contribution in [3.8, 4) is 0 Å². The Bertz CT molecular complexity index is 669. The molecule has 6 heteroatoms. The van der Waals surface area contributed by atoms with E-state index in [-0.39, 0.29) is 0 Å². The molecule has 1 aromatic heterocycles. The van der Waals surface area contributed by atoms with Crippen LogP contribution in [0.2, 0.25) is 0 Å². The number of fused-ring (bicyclic) bond motifs is 1. The Labute approximate surface area is 109 Å². The van der Waals surface area contributed by atoms with Crippen molar-refractivity contribution in [2.24, 2.45) is 0 Å². The number of hydrogen-bond acceptors (Lipinski definition) is 4. The highest BCUT2D eigenvalue weighted by molar-refractivity contribution is 5.79. The number of likely N-dealkylation sites (N-methyl/N-ethyl adjacent to an activating group) is 1. The largest absolute Gasteiger partial charge is 0.478 e. The van der Waals surface area contributed by atoms with Gasteiger partial charge >= 0.3 is 11.7 Å². The summed E-state index contributed by atoms with van der Waals surface area (Å²) in [6.07, 6.45) is 2.70. The van der Waals surface area contributed by atoms with Crippen LogP contribution in [0.5, 0.6) is 0 Å². The van der Waals surface area contributed by atoms with Crippen molar-refractivity contribution < 1.29 is 14.3 Å². The zero-order valence-electron chi connectivity index (χ0n) is 10.4. The number of nitrogens with zero attached hydrogens (tertiary/aromatic N) is 1. The first-order valence-corrected chi connectivity index (χ1v) is 5.74. The predicted octanol–water partition coefficient (Wildman–Crippen LogP) is 1.19. The number of aromatic amines is 1. The Morgan fingerprint density at radius 1 is 1.53 bits per heavy atom. The number of carboxylic acids is 1. The molecule has 0 unspecified atom stereocenters. The molecule has 0 spiro atoms. The fourth-order valence-electron chi connectivity index (χ4n) is 1.80. The Kier molecular flexibility index (Phi) is 3.82. The van der Waals surface area contributed by atoms with Gasteiger partial charge in [0.05, 0.1) is 5.52 Å². The van der Waals surface area contributed by atoms with Crippen molar-refractivity contribution in [2.75, 3.05) is 13.6 Å². The quantitative estimate of drug-likeness (QED) is 0.790. The fraction of sp³-hybridized carbons (Fsp3) is 0.231. The van der Waals surface area contributed by atoms with Crippen LogP contribution in [0.3, 0.4) is 0 Å². The van der Waals surface area contributed by atoms with Crippen LogP contribution < -0.4 is 5.76 Å². The summed E-state index contributed by atoms with van der Waals surface area (Å²) in [5.74, 6) is -1.42. The third-order valence-corrected chi connectivity index (χ3v) is 2.62. The first kappa shape index (κ1) is 13.1. The maximum atomic E-state index is 11.0. The molecular weight excluding hydrogens is 248 g/mol. The van der Waals surface area contributed by atoms with Gasteiger partial charge in [-0.05, 0) is 24.7 Å². The summed E-state index contributed by atoms with van der Waals surface area (Å²) < 4.78 is 4.98. The van der Waals surface area contributed by atoms with Crippen molar-refractivity contribution in [3.63, 3.8) is 0 Å². The first-order chi connectivity index (χ1) is 9.04. The van der Waals surface area contributed by atoms with E-state index in [1.165, 1.54) is 0 Å². The fourth-order valence-corrected chi connectivity index (χ4v) is 1.80. The van der Waals surface area contributed by atoms with Crippen LogP contribution in [0.4, 0.5) is 0 Å². The standard InChI is InChI=1S/C13H14N2O4/c1-15(6-2-3-12(16)17)8-9-4-5-10-11(7-9)19-13(18)14-10/h2-5,7H,6,8H2,1H3,(H,14,18)(H,16,17)/b3-2+. The van der Waals surface area contributed by atoms with Crippen molar-refractivity contribution >= 4 is 17.1 Å². The third kappa shape index (κ3) is 3.56. The lowest BCUT2D eigenvalue weighted by atomic mass is 10.2. The number of H-pyrrole nitrogens is 1. The van der Waals surface area contributed by atoms with Gasteiger partial charge < -0.3 is 9.52 Å². The second-order valence-electron chi connectivity index (χ2n) is 4.28. The van der Waals surface area contributed by atoms with Crippen LogP contribution in [-0.2, 0) is 11.3 Å². The summed E-state index contributed by atoms with van der Waals surface area (Å²) >= 11 is 0. The zero-order chi connectivity index (χ0) is 13.8. The molecule has 0 atom stereocenters. The van der Waals surface area contributed by atoms with Crippen LogP contribution in [0.1, 0.15) is 5.56 Å². The number of carboxylic acid groups (broad SMARTS) is 1. The van der Waals surface area contributed by atoms with Crippen molar-refractivity contribution in [1.29, 1.82) is 0 Å². The van der Waals surface area contributed by atoms with Gasteiger partial charge in [0.25, 0.3) is 0 Å². The molecule has 0 saturated heterocycles. The first-order valence-electron chi connectivity index (χ1n) is 5.74. The van der Waals surface area contributed by atoms with E-state index in [0.29, 0.717) is 24.2 Å². The molecule has 2 N–H and O–H groups in total. The van der Waals surface area contributed by atoms with E-state index < -0.39 is 11.7 Å². The smallest absolute Gasteiger partial charge is 0.417 e. The van der Waals surface area contributed by atoms with Crippen LogP contribution in [0.15, 0.2) is 39.6 Å². The Morgan fingerprint density at radius 3 is 3.05 bits per heavy atom. The van der Waals surface area contributed by atoms with Crippen LogP contribution in [0.25, 0.3) is 11.1 Å². The summed E-state index contributed by atoms with van der Waals surface area (Å²) in [5.41, 5.74) is 2.18. The van der Waals surface area contributed by atoms with Gasteiger partial charge in [0.15, 0.2) is 5.58 Å². The van der Waals surface area contributed by atoms with Gasteiger partial charge in [-0.25, -0.2) is 9.59 Å². The van der Waals surface area contributed by atoms with E-state index in [2.05, 4.69) is 4.98 Å². The van der Waals surface area contributed by atoms with E-state index in [9.17, 15) is 9.59 Å². The predicted molar refractivity (Wildman–Crippen MR) is 69.9 cm³/mol. The Hall–Kier alpha value is -2.34. The van der Waals surface area contributed by atoms with Gasteiger partial charge in [0.1, 0.15) is 0 Å². The lowest BCUT2D eigenvalue weighted by Gasteiger charge is -2.13. The summed E-state index contributed by atoms with van der Waals surface area (Å²) in [7, 11) is 1.88. The molecule has 0 bridgehead atoms. The van der Waals surface area contributed by atoms with Gasteiger partial charge in [0.2, 0.25) is 0 Å². The number of benzene rings is 1. The third-order valence-electron chi connectivity index (χ3n) is 2.62. The van der Waals surface area contributed by atoms with E-state index >= 15 is 0 Å². The van der Waals surface area contributed by atoms with E-state index in [4.69, 9.17) is 9.52 Å². The minimum absolute atomic E-state index is 0.468. The molecule has 0 fully saturated rings. The minimum Gasteiger partial charge on any atom is -0.478 e. The molecule has 0 radical (unpaired) electrons. The number of aromatic nitrogens is 1.